The third kappa shape index (κ3) is 4.81. The molecule has 1 aromatic rings. The van der Waals surface area contributed by atoms with Crippen molar-refractivity contribution in [1.82, 2.24) is 10.2 Å². The first kappa shape index (κ1) is 17.0. The molecule has 1 atom stereocenters. The molecular weight excluding hydrogens is 296 g/mol. The summed E-state index contributed by atoms with van der Waals surface area (Å²) in [6, 6.07) is 8.28. The lowest BCUT2D eigenvalue weighted by atomic mass is 10.1. The Bertz CT molecular complexity index is 571. The minimum absolute atomic E-state index is 0.0311. The number of ether oxygens (including phenoxy) is 1. The fraction of sp³-hybridized carbons (Fsp3) is 0.471. The molecule has 1 aromatic carbocycles. The largest absolute Gasteiger partial charge is 0.464 e. The van der Waals surface area contributed by atoms with Gasteiger partial charge in [-0.05, 0) is 17.9 Å². The predicted octanol–water partition coefficient (Wildman–Crippen LogP) is 1.74. The maximum absolute atomic E-state index is 12.2. The zero-order valence-corrected chi connectivity index (χ0v) is 13.5. The lowest BCUT2D eigenvalue weighted by Crippen LogP contribution is -2.36. The Balaban J connectivity index is 1.84. The number of nitrogens with zero attached hydrogens (tertiary/aromatic N) is 1. The highest BCUT2D eigenvalue weighted by Crippen LogP contribution is 2.11. The SMILES string of the molecule is CC(C)COC(=O)[C@@H]1CN(C(=O)CCc2ccccc2)C(=O)N1. The molecule has 0 aromatic heterocycles. The first-order chi connectivity index (χ1) is 11.0. The van der Waals surface area contributed by atoms with Crippen LogP contribution in [0.1, 0.15) is 25.8 Å². The van der Waals surface area contributed by atoms with Gasteiger partial charge in [-0.1, -0.05) is 44.2 Å². The van der Waals surface area contributed by atoms with Crippen LogP contribution in [-0.4, -0.2) is 42.0 Å². The monoisotopic (exact) mass is 318 g/mol. The number of urea groups is 1. The minimum Gasteiger partial charge on any atom is -0.464 e. The number of imide groups is 1. The maximum atomic E-state index is 12.2. The molecule has 0 radical (unpaired) electrons. The number of rotatable bonds is 6. The van der Waals surface area contributed by atoms with E-state index in [0.29, 0.717) is 13.0 Å². The first-order valence-electron chi connectivity index (χ1n) is 7.78. The third-order valence-corrected chi connectivity index (χ3v) is 3.52. The van der Waals surface area contributed by atoms with Crippen molar-refractivity contribution in [2.24, 2.45) is 5.92 Å². The minimum atomic E-state index is -0.776. The van der Waals surface area contributed by atoms with E-state index < -0.39 is 18.0 Å². The van der Waals surface area contributed by atoms with Crippen molar-refractivity contribution >= 4 is 17.9 Å². The van der Waals surface area contributed by atoms with Gasteiger partial charge < -0.3 is 10.1 Å². The van der Waals surface area contributed by atoms with Crippen molar-refractivity contribution in [2.45, 2.75) is 32.7 Å². The molecule has 6 nitrogen and oxygen atoms in total. The lowest BCUT2D eigenvalue weighted by Gasteiger charge is -2.13. The summed E-state index contributed by atoms with van der Waals surface area (Å²) in [4.78, 5) is 37.0. The molecule has 2 rings (SSSR count). The highest BCUT2D eigenvalue weighted by atomic mass is 16.5. The Morgan fingerprint density at radius 2 is 2.00 bits per heavy atom. The second-order valence-corrected chi connectivity index (χ2v) is 6.02. The van der Waals surface area contributed by atoms with E-state index in [1.54, 1.807) is 0 Å². The number of nitrogens with one attached hydrogen (secondary N) is 1. The number of esters is 1. The smallest absolute Gasteiger partial charge is 0.330 e. The van der Waals surface area contributed by atoms with Gasteiger partial charge in [-0.25, -0.2) is 9.59 Å². The van der Waals surface area contributed by atoms with E-state index in [4.69, 9.17) is 4.74 Å². The van der Waals surface area contributed by atoms with Gasteiger partial charge in [0, 0.05) is 6.42 Å². The van der Waals surface area contributed by atoms with E-state index in [1.165, 1.54) is 0 Å². The molecule has 1 saturated heterocycles. The fourth-order valence-electron chi connectivity index (χ4n) is 2.27. The normalized spacial score (nSPS) is 17.3. The van der Waals surface area contributed by atoms with Crippen LogP contribution in [0.2, 0.25) is 0 Å². The third-order valence-electron chi connectivity index (χ3n) is 3.52. The topological polar surface area (TPSA) is 75.7 Å². The summed E-state index contributed by atoms with van der Waals surface area (Å²) < 4.78 is 5.10. The van der Waals surface area contributed by atoms with Crippen molar-refractivity contribution in [1.29, 1.82) is 0 Å². The maximum Gasteiger partial charge on any atom is 0.330 e. The van der Waals surface area contributed by atoms with Crippen molar-refractivity contribution < 1.29 is 19.1 Å². The van der Waals surface area contributed by atoms with Crippen LogP contribution in [-0.2, 0) is 20.7 Å². The van der Waals surface area contributed by atoms with Gasteiger partial charge in [-0.15, -0.1) is 0 Å². The Hall–Kier alpha value is -2.37. The van der Waals surface area contributed by atoms with Crippen LogP contribution in [0.15, 0.2) is 30.3 Å². The van der Waals surface area contributed by atoms with Gasteiger partial charge in [0.15, 0.2) is 0 Å². The van der Waals surface area contributed by atoms with Crippen LogP contribution in [0.25, 0.3) is 0 Å². The summed E-state index contributed by atoms with van der Waals surface area (Å²) in [5.74, 6) is -0.560. The number of carbonyl (C=O) groups excluding carboxylic acids is 3. The molecular formula is C17H22N2O4. The van der Waals surface area contributed by atoms with Crippen LogP contribution in [0.3, 0.4) is 0 Å². The van der Waals surface area contributed by atoms with E-state index >= 15 is 0 Å². The number of amides is 3. The van der Waals surface area contributed by atoms with Crippen molar-refractivity contribution in [2.75, 3.05) is 13.2 Å². The van der Waals surface area contributed by atoms with Crippen molar-refractivity contribution in [3.63, 3.8) is 0 Å². The molecule has 1 aliphatic heterocycles. The molecule has 0 spiro atoms. The quantitative estimate of drug-likeness (QED) is 0.811. The number of carbonyl (C=O) groups is 3. The number of aryl methyl sites for hydroxylation is 1. The van der Waals surface area contributed by atoms with Crippen LogP contribution in [0.4, 0.5) is 4.79 Å². The summed E-state index contributed by atoms with van der Waals surface area (Å²) in [7, 11) is 0. The van der Waals surface area contributed by atoms with Crippen molar-refractivity contribution in [3.8, 4) is 0 Å². The lowest BCUT2D eigenvalue weighted by molar-refractivity contribution is -0.146. The standard InChI is InChI=1S/C17H22N2O4/c1-12(2)11-23-16(21)14-10-19(17(22)18-14)15(20)9-8-13-6-4-3-5-7-13/h3-7,12,14H,8-11H2,1-2H3,(H,18,22)/t14-/m0/s1. The molecule has 1 heterocycles. The summed E-state index contributed by atoms with van der Waals surface area (Å²) in [6.07, 6.45) is 0.789. The summed E-state index contributed by atoms with van der Waals surface area (Å²) >= 11 is 0. The van der Waals surface area contributed by atoms with Gasteiger partial charge in [0.25, 0.3) is 0 Å². The molecule has 0 saturated carbocycles. The molecule has 3 amide bonds. The molecule has 0 aliphatic carbocycles. The number of benzene rings is 1. The van der Waals surface area contributed by atoms with Crippen LogP contribution in [0.5, 0.6) is 0 Å². The molecule has 124 valence electrons. The van der Waals surface area contributed by atoms with Gasteiger partial charge in [-0.3, -0.25) is 9.69 Å². The van der Waals surface area contributed by atoms with Gasteiger partial charge in [0.1, 0.15) is 6.04 Å². The Kier molecular flexibility index (Phi) is 5.73. The highest BCUT2D eigenvalue weighted by molar-refractivity contribution is 5.99. The molecule has 23 heavy (non-hydrogen) atoms. The van der Waals surface area contributed by atoms with Gasteiger partial charge in [0.05, 0.1) is 13.2 Å². The fourth-order valence-corrected chi connectivity index (χ4v) is 2.27. The second-order valence-electron chi connectivity index (χ2n) is 6.02. The van der Waals surface area contributed by atoms with E-state index in [-0.39, 0.29) is 24.8 Å². The van der Waals surface area contributed by atoms with Gasteiger partial charge in [0.2, 0.25) is 5.91 Å². The van der Waals surface area contributed by atoms with Crippen molar-refractivity contribution in [3.05, 3.63) is 35.9 Å². The average Bonchev–Trinajstić information content (AvgIpc) is 2.93. The summed E-state index contributed by atoms with van der Waals surface area (Å²) in [6.45, 7) is 4.19. The zero-order chi connectivity index (χ0) is 16.8. The van der Waals surface area contributed by atoms with E-state index in [2.05, 4.69) is 5.32 Å². The van der Waals surface area contributed by atoms with Gasteiger partial charge in [-0.2, -0.15) is 0 Å². The molecule has 0 unspecified atom stereocenters. The highest BCUT2D eigenvalue weighted by Gasteiger charge is 2.37. The Morgan fingerprint density at radius 3 is 2.65 bits per heavy atom. The molecule has 1 N–H and O–H groups in total. The number of hydrogen-bond acceptors (Lipinski definition) is 4. The van der Waals surface area contributed by atoms with E-state index in [0.717, 1.165) is 10.5 Å². The van der Waals surface area contributed by atoms with Crippen LogP contribution >= 0.6 is 0 Å². The molecule has 0 bridgehead atoms. The van der Waals surface area contributed by atoms with E-state index in [9.17, 15) is 14.4 Å². The Labute approximate surface area is 135 Å². The van der Waals surface area contributed by atoms with Crippen LogP contribution < -0.4 is 5.32 Å². The summed E-state index contributed by atoms with van der Waals surface area (Å²) in [5.41, 5.74) is 1.04. The second kappa shape index (κ2) is 7.76. The molecule has 1 aliphatic rings. The predicted molar refractivity (Wildman–Crippen MR) is 84.6 cm³/mol. The first-order valence-corrected chi connectivity index (χ1v) is 7.78. The Morgan fingerprint density at radius 1 is 1.30 bits per heavy atom. The van der Waals surface area contributed by atoms with E-state index in [1.807, 2.05) is 44.2 Å². The summed E-state index contributed by atoms with van der Waals surface area (Å²) in [5, 5.41) is 2.50. The van der Waals surface area contributed by atoms with Crippen LogP contribution in [0, 0.1) is 5.92 Å². The molecule has 1 fully saturated rings. The zero-order valence-electron chi connectivity index (χ0n) is 13.5. The average molecular weight is 318 g/mol. The van der Waals surface area contributed by atoms with Gasteiger partial charge >= 0.3 is 12.0 Å². The number of hydrogen-bond donors (Lipinski definition) is 1. The molecule has 6 heteroatoms.